The van der Waals surface area contributed by atoms with E-state index in [9.17, 15) is 4.79 Å². The van der Waals surface area contributed by atoms with Crippen LogP contribution in [0.25, 0.3) is 10.6 Å². The fourth-order valence-corrected chi connectivity index (χ4v) is 3.41. The minimum Gasteiger partial charge on any atom is -0.324 e. The number of aryl methyl sites for hydroxylation is 1. The van der Waals surface area contributed by atoms with Crippen molar-refractivity contribution in [3.63, 3.8) is 0 Å². The van der Waals surface area contributed by atoms with E-state index in [0.717, 1.165) is 22.0 Å². The van der Waals surface area contributed by atoms with Gasteiger partial charge in [0.1, 0.15) is 0 Å². The van der Waals surface area contributed by atoms with Crippen LogP contribution < -0.4 is 10.6 Å². The molecule has 0 bridgehead atoms. The van der Waals surface area contributed by atoms with E-state index in [2.05, 4.69) is 25.6 Å². The maximum atomic E-state index is 11.7. The van der Waals surface area contributed by atoms with Crippen molar-refractivity contribution in [1.29, 1.82) is 0 Å². The molecule has 2 heterocycles. The molecule has 0 spiro atoms. The van der Waals surface area contributed by atoms with Crippen molar-refractivity contribution >= 4 is 57.2 Å². The number of halogens is 2. The van der Waals surface area contributed by atoms with E-state index in [0.29, 0.717) is 16.1 Å². The Labute approximate surface area is 164 Å². The Bertz CT molecular complexity index is 914. The average molecular weight is 408 g/mol. The molecule has 0 saturated heterocycles. The molecule has 0 aliphatic rings. The normalized spacial score (nSPS) is 10.6. The largest absolute Gasteiger partial charge is 0.324 e. The van der Waals surface area contributed by atoms with E-state index in [1.165, 1.54) is 11.3 Å². The van der Waals surface area contributed by atoms with Gasteiger partial charge in [0.2, 0.25) is 11.9 Å². The van der Waals surface area contributed by atoms with Crippen LogP contribution in [0.3, 0.4) is 0 Å². The first-order chi connectivity index (χ1) is 12.5. The molecule has 0 aliphatic heterocycles. The van der Waals surface area contributed by atoms with Crippen molar-refractivity contribution in [2.24, 2.45) is 0 Å². The van der Waals surface area contributed by atoms with E-state index in [1.54, 1.807) is 24.4 Å². The van der Waals surface area contributed by atoms with Gasteiger partial charge in [-0.2, -0.15) is 0 Å². The Morgan fingerprint density at radius 2 is 1.96 bits per heavy atom. The first kappa shape index (κ1) is 18.6. The zero-order chi connectivity index (χ0) is 18.5. The summed E-state index contributed by atoms with van der Waals surface area (Å²) in [4.78, 5) is 25.7. The summed E-state index contributed by atoms with van der Waals surface area (Å²) < 4.78 is 0. The van der Waals surface area contributed by atoms with Crippen LogP contribution in [0.2, 0.25) is 5.02 Å². The SMILES string of the molecule is Cc1nc(NC(=O)CCCl)sc1-c1ccnc(Nc2ccc(Cl)cc2)n1. The van der Waals surface area contributed by atoms with Crippen LogP contribution in [-0.4, -0.2) is 26.7 Å². The van der Waals surface area contributed by atoms with Gasteiger partial charge in [0.25, 0.3) is 0 Å². The molecule has 6 nitrogen and oxygen atoms in total. The van der Waals surface area contributed by atoms with Gasteiger partial charge in [0.05, 0.1) is 16.3 Å². The van der Waals surface area contributed by atoms with Gasteiger partial charge in [-0.1, -0.05) is 22.9 Å². The second-order valence-corrected chi connectivity index (χ2v) is 7.13. The summed E-state index contributed by atoms with van der Waals surface area (Å²) in [6, 6.07) is 9.08. The fraction of sp³-hybridized carbons (Fsp3) is 0.176. The van der Waals surface area contributed by atoms with Gasteiger partial charge >= 0.3 is 0 Å². The molecule has 0 aliphatic carbocycles. The number of anilines is 3. The monoisotopic (exact) mass is 407 g/mol. The Balaban J connectivity index is 1.80. The topological polar surface area (TPSA) is 79.8 Å². The first-order valence-corrected chi connectivity index (χ1v) is 9.47. The van der Waals surface area contributed by atoms with Crippen LogP contribution in [0.4, 0.5) is 16.8 Å². The van der Waals surface area contributed by atoms with Gasteiger partial charge in [0, 0.05) is 29.2 Å². The van der Waals surface area contributed by atoms with Crippen LogP contribution in [0.5, 0.6) is 0 Å². The molecule has 0 radical (unpaired) electrons. The zero-order valence-electron chi connectivity index (χ0n) is 13.8. The summed E-state index contributed by atoms with van der Waals surface area (Å²) in [7, 11) is 0. The second-order valence-electron chi connectivity index (χ2n) is 5.32. The molecule has 3 aromatic rings. The third kappa shape index (κ3) is 4.69. The first-order valence-electron chi connectivity index (χ1n) is 7.74. The van der Waals surface area contributed by atoms with Crippen molar-refractivity contribution in [2.45, 2.75) is 13.3 Å². The number of benzene rings is 1. The minimum absolute atomic E-state index is 0.159. The van der Waals surface area contributed by atoms with Gasteiger partial charge < -0.3 is 10.6 Å². The summed E-state index contributed by atoms with van der Waals surface area (Å²) in [5, 5.41) is 7.07. The lowest BCUT2D eigenvalue weighted by Gasteiger charge is -2.06. The molecule has 1 aromatic carbocycles. The predicted octanol–water partition coefficient (Wildman–Crippen LogP) is 4.87. The third-order valence-corrected chi connectivity index (χ3v) is 4.89. The summed E-state index contributed by atoms with van der Waals surface area (Å²) >= 11 is 12.8. The maximum absolute atomic E-state index is 11.7. The lowest BCUT2D eigenvalue weighted by Crippen LogP contribution is -2.11. The lowest BCUT2D eigenvalue weighted by molar-refractivity contribution is -0.115. The summed E-state index contributed by atoms with van der Waals surface area (Å²) in [5.41, 5.74) is 2.35. The number of nitrogens with zero attached hydrogens (tertiary/aromatic N) is 3. The summed E-state index contributed by atoms with van der Waals surface area (Å²) in [6.45, 7) is 1.87. The van der Waals surface area contributed by atoms with Crippen molar-refractivity contribution in [2.75, 3.05) is 16.5 Å². The standard InChI is InChI=1S/C17H15Cl2N5OS/c1-10-15(26-17(21-10)24-14(25)6-8-18)13-7-9-20-16(23-13)22-12-4-2-11(19)3-5-12/h2-5,7,9H,6,8H2,1H3,(H,20,22,23)(H,21,24,25). The Kier molecular flexibility index (Phi) is 6.03. The van der Waals surface area contributed by atoms with Gasteiger partial charge in [-0.25, -0.2) is 15.0 Å². The highest BCUT2D eigenvalue weighted by Gasteiger charge is 2.13. The number of amides is 1. The molecule has 2 aromatic heterocycles. The number of thiazole rings is 1. The molecule has 9 heteroatoms. The van der Waals surface area contributed by atoms with Crippen LogP contribution >= 0.6 is 34.5 Å². The Morgan fingerprint density at radius 3 is 2.69 bits per heavy atom. The van der Waals surface area contributed by atoms with E-state index in [4.69, 9.17) is 23.2 Å². The molecule has 0 unspecified atom stereocenters. The number of hydrogen-bond donors (Lipinski definition) is 2. The van der Waals surface area contributed by atoms with Gasteiger partial charge in [-0.3, -0.25) is 4.79 Å². The van der Waals surface area contributed by atoms with Crippen LogP contribution in [0.1, 0.15) is 12.1 Å². The van der Waals surface area contributed by atoms with Crippen molar-refractivity contribution < 1.29 is 4.79 Å². The van der Waals surface area contributed by atoms with E-state index in [-0.39, 0.29) is 18.2 Å². The number of aromatic nitrogens is 3. The number of hydrogen-bond acceptors (Lipinski definition) is 6. The Morgan fingerprint density at radius 1 is 1.19 bits per heavy atom. The van der Waals surface area contributed by atoms with Gasteiger partial charge in [-0.05, 0) is 37.3 Å². The van der Waals surface area contributed by atoms with E-state index < -0.39 is 0 Å². The number of carbonyl (C=O) groups excluding carboxylic acids is 1. The van der Waals surface area contributed by atoms with Crippen LogP contribution in [0.15, 0.2) is 36.5 Å². The Hall–Kier alpha value is -2.22. The predicted molar refractivity (Wildman–Crippen MR) is 107 cm³/mol. The third-order valence-electron chi connectivity index (χ3n) is 3.35. The van der Waals surface area contributed by atoms with Crippen molar-refractivity contribution in [3.05, 3.63) is 47.2 Å². The van der Waals surface area contributed by atoms with Crippen LogP contribution in [0, 0.1) is 6.92 Å². The van der Waals surface area contributed by atoms with Gasteiger partial charge in [0.15, 0.2) is 5.13 Å². The molecule has 1 amide bonds. The highest BCUT2D eigenvalue weighted by atomic mass is 35.5. The maximum Gasteiger partial charge on any atom is 0.227 e. The number of rotatable bonds is 6. The molecule has 3 rings (SSSR count). The molecule has 2 N–H and O–H groups in total. The molecule has 134 valence electrons. The number of nitrogens with one attached hydrogen (secondary N) is 2. The van der Waals surface area contributed by atoms with Gasteiger partial charge in [-0.15, -0.1) is 11.6 Å². The van der Waals surface area contributed by atoms with Crippen LogP contribution in [-0.2, 0) is 4.79 Å². The smallest absolute Gasteiger partial charge is 0.227 e. The molecule has 0 atom stereocenters. The highest BCUT2D eigenvalue weighted by Crippen LogP contribution is 2.32. The van der Waals surface area contributed by atoms with E-state index >= 15 is 0 Å². The van der Waals surface area contributed by atoms with Crippen molar-refractivity contribution in [1.82, 2.24) is 15.0 Å². The zero-order valence-corrected chi connectivity index (χ0v) is 16.1. The number of alkyl halides is 1. The van der Waals surface area contributed by atoms with E-state index in [1.807, 2.05) is 19.1 Å². The molecule has 0 fully saturated rings. The summed E-state index contributed by atoms with van der Waals surface area (Å²) in [6.07, 6.45) is 1.92. The average Bonchev–Trinajstić information content (AvgIpc) is 2.97. The quantitative estimate of drug-likeness (QED) is 0.569. The fourth-order valence-electron chi connectivity index (χ4n) is 2.16. The molecule has 0 saturated carbocycles. The molecule has 26 heavy (non-hydrogen) atoms. The summed E-state index contributed by atoms with van der Waals surface area (Å²) in [5.74, 6) is 0.577. The molecular weight excluding hydrogens is 393 g/mol. The minimum atomic E-state index is -0.159. The number of carbonyl (C=O) groups is 1. The second kappa shape index (κ2) is 8.44. The lowest BCUT2D eigenvalue weighted by atomic mass is 10.3. The molecular formula is C17H15Cl2N5OS. The highest BCUT2D eigenvalue weighted by molar-refractivity contribution is 7.19. The van der Waals surface area contributed by atoms with Crippen molar-refractivity contribution in [3.8, 4) is 10.6 Å².